The molecule has 0 radical (unpaired) electrons. The Balaban J connectivity index is 1.87. The van der Waals surface area contributed by atoms with E-state index in [9.17, 15) is 0 Å². The van der Waals surface area contributed by atoms with E-state index in [1.54, 1.807) is 4.68 Å². The molecule has 3 rings (SSSR count). The first kappa shape index (κ1) is 14.1. The van der Waals surface area contributed by atoms with Crippen LogP contribution >= 0.6 is 0 Å². The SMILES string of the molecule is Cc1nnn(C)c1-c1ccc(N)c(NCc2ccccc2)c1. The highest BCUT2D eigenvalue weighted by Crippen LogP contribution is 2.28. The van der Waals surface area contributed by atoms with Gasteiger partial charge < -0.3 is 11.1 Å². The number of nitrogens with one attached hydrogen (secondary N) is 1. The van der Waals surface area contributed by atoms with E-state index >= 15 is 0 Å². The fraction of sp³-hybridized carbons (Fsp3) is 0.176. The number of benzene rings is 2. The molecule has 0 bridgehead atoms. The Hall–Kier alpha value is -2.82. The summed E-state index contributed by atoms with van der Waals surface area (Å²) < 4.78 is 1.78. The molecule has 0 saturated heterocycles. The summed E-state index contributed by atoms with van der Waals surface area (Å²) >= 11 is 0. The fourth-order valence-electron chi connectivity index (χ4n) is 2.51. The molecule has 0 aliphatic carbocycles. The molecule has 3 aromatic rings. The Morgan fingerprint density at radius 3 is 2.59 bits per heavy atom. The van der Waals surface area contributed by atoms with E-state index < -0.39 is 0 Å². The van der Waals surface area contributed by atoms with Crippen LogP contribution in [0.1, 0.15) is 11.3 Å². The van der Waals surface area contributed by atoms with Crippen LogP contribution in [0.25, 0.3) is 11.3 Å². The van der Waals surface area contributed by atoms with Crippen molar-refractivity contribution >= 4 is 11.4 Å². The third-order valence-electron chi connectivity index (χ3n) is 3.65. The maximum Gasteiger partial charge on any atom is 0.0912 e. The zero-order chi connectivity index (χ0) is 15.5. The first-order chi connectivity index (χ1) is 10.6. The molecule has 1 aromatic heterocycles. The average molecular weight is 293 g/mol. The normalized spacial score (nSPS) is 10.6. The molecular formula is C17H19N5. The van der Waals surface area contributed by atoms with Gasteiger partial charge in [-0.05, 0) is 24.6 Å². The average Bonchev–Trinajstić information content (AvgIpc) is 2.87. The maximum atomic E-state index is 6.08. The topological polar surface area (TPSA) is 68.8 Å². The molecule has 3 N–H and O–H groups in total. The molecule has 0 atom stereocenters. The van der Waals surface area contributed by atoms with Crippen molar-refractivity contribution in [1.29, 1.82) is 0 Å². The van der Waals surface area contributed by atoms with Gasteiger partial charge in [0, 0.05) is 19.2 Å². The van der Waals surface area contributed by atoms with Gasteiger partial charge in [-0.25, -0.2) is 4.68 Å². The highest BCUT2D eigenvalue weighted by atomic mass is 15.4. The van der Waals surface area contributed by atoms with Crippen LogP contribution < -0.4 is 11.1 Å². The summed E-state index contributed by atoms with van der Waals surface area (Å²) in [6, 6.07) is 16.2. The first-order valence-corrected chi connectivity index (χ1v) is 7.19. The van der Waals surface area contributed by atoms with Crippen molar-refractivity contribution in [1.82, 2.24) is 15.0 Å². The summed E-state index contributed by atoms with van der Waals surface area (Å²) in [5, 5.41) is 11.5. The number of hydrogen-bond donors (Lipinski definition) is 2. The summed E-state index contributed by atoms with van der Waals surface area (Å²) in [5.74, 6) is 0. The number of nitrogens with two attached hydrogens (primary N) is 1. The lowest BCUT2D eigenvalue weighted by Crippen LogP contribution is -2.03. The lowest BCUT2D eigenvalue weighted by molar-refractivity contribution is 0.719. The molecule has 2 aromatic carbocycles. The summed E-state index contributed by atoms with van der Waals surface area (Å²) in [6.07, 6.45) is 0. The number of hydrogen-bond acceptors (Lipinski definition) is 4. The number of rotatable bonds is 4. The third-order valence-corrected chi connectivity index (χ3v) is 3.65. The predicted octanol–water partition coefficient (Wildman–Crippen LogP) is 2.98. The van der Waals surface area contributed by atoms with Crippen LogP contribution in [-0.2, 0) is 13.6 Å². The second kappa shape index (κ2) is 5.89. The minimum absolute atomic E-state index is 0.729. The number of nitrogens with zero attached hydrogens (tertiary/aromatic N) is 3. The summed E-state index contributed by atoms with van der Waals surface area (Å²) in [4.78, 5) is 0. The van der Waals surface area contributed by atoms with Crippen molar-refractivity contribution in [2.24, 2.45) is 7.05 Å². The Morgan fingerprint density at radius 2 is 1.91 bits per heavy atom. The van der Waals surface area contributed by atoms with Gasteiger partial charge in [-0.2, -0.15) is 0 Å². The van der Waals surface area contributed by atoms with Gasteiger partial charge in [-0.15, -0.1) is 5.10 Å². The van der Waals surface area contributed by atoms with E-state index in [-0.39, 0.29) is 0 Å². The molecule has 0 amide bonds. The largest absolute Gasteiger partial charge is 0.397 e. The van der Waals surface area contributed by atoms with Gasteiger partial charge >= 0.3 is 0 Å². The monoisotopic (exact) mass is 293 g/mol. The quantitative estimate of drug-likeness (QED) is 0.726. The molecule has 0 saturated carbocycles. The molecule has 0 aliphatic heterocycles. The molecule has 0 spiro atoms. The Morgan fingerprint density at radius 1 is 1.14 bits per heavy atom. The van der Waals surface area contributed by atoms with Crippen LogP contribution in [0.2, 0.25) is 0 Å². The number of aromatic nitrogens is 3. The molecule has 1 heterocycles. The second-order valence-corrected chi connectivity index (χ2v) is 5.29. The minimum Gasteiger partial charge on any atom is -0.397 e. The number of anilines is 2. The second-order valence-electron chi connectivity index (χ2n) is 5.29. The van der Waals surface area contributed by atoms with Crippen LogP contribution in [0.3, 0.4) is 0 Å². The molecule has 0 aliphatic rings. The molecule has 5 heteroatoms. The molecule has 5 nitrogen and oxygen atoms in total. The first-order valence-electron chi connectivity index (χ1n) is 7.19. The lowest BCUT2D eigenvalue weighted by Gasteiger charge is -2.12. The molecule has 0 fully saturated rings. The zero-order valence-electron chi connectivity index (χ0n) is 12.7. The highest BCUT2D eigenvalue weighted by molar-refractivity contribution is 5.75. The summed E-state index contributed by atoms with van der Waals surface area (Å²) in [5.41, 5.74) is 11.9. The van der Waals surface area contributed by atoms with Gasteiger partial charge in [0.1, 0.15) is 0 Å². The van der Waals surface area contributed by atoms with Crippen molar-refractivity contribution < 1.29 is 0 Å². The van der Waals surface area contributed by atoms with E-state index in [4.69, 9.17) is 5.73 Å². The van der Waals surface area contributed by atoms with Crippen LogP contribution in [0.5, 0.6) is 0 Å². The number of aryl methyl sites for hydroxylation is 2. The number of nitrogen functional groups attached to an aromatic ring is 1. The third kappa shape index (κ3) is 2.79. The summed E-state index contributed by atoms with van der Waals surface area (Å²) in [7, 11) is 1.89. The molecule has 22 heavy (non-hydrogen) atoms. The van der Waals surface area contributed by atoms with Crippen LogP contribution in [-0.4, -0.2) is 15.0 Å². The van der Waals surface area contributed by atoms with Crippen molar-refractivity contribution in [2.45, 2.75) is 13.5 Å². The van der Waals surface area contributed by atoms with E-state index in [1.807, 2.05) is 50.4 Å². The van der Waals surface area contributed by atoms with Gasteiger partial charge in [0.2, 0.25) is 0 Å². The van der Waals surface area contributed by atoms with Gasteiger partial charge in [-0.1, -0.05) is 41.6 Å². The van der Waals surface area contributed by atoms with Crippen molar-refractivity contribution in [3.63, 3.8) is 0 Å². The summed E-state index contributed by atoms with van der Waals surface area (Å²) in [6.45, 7) is 2.69. The highest BCUT2D eigenvalue weighted by Gasteiger charge is 2.11. The minimum atomic E-state index is 0.729. The molecule has 0 unspecified atom stereocenters. The Bertz CT molecular complexity index is 757. The van der Waals surface area contributed by atoms with Gasteiger partial charge in [0.05, 0.1) is 22.8 Å². The van der Waals surface area contributed by atoms with E-state index in [0.29, 0.717) is 0 Å². The molecule has 112 valence electrons. The smallest absolute Gasteiger partial charge is 0.0912 e. The Labute approximate surface area is 129 Å². The zero-order valence-corrected chi connectivity index (χ0v) is 12.7. The standard InChI is InChI=1S/C17H19N5/c1-12-17(22(2)21-20-12)14-8-9-15(18)16(10-14)19-11-13-6-4-3-5-7-13/h3-10,19H,11,18H2,1-2H3. The van der Waals surface area contributed by atoms with Crippen molar-refractivity contribution in [2.75, 3.05) is 11.1 Å². The Kier molecular flexibility index (Phi) is 3.78. The van der Waals surface area contributed by atoms with Gasteiger partial charge in [0.15, 0.2) is 0 Å². The maximum absolute atomic E-state index is 6.08. The van der Waals surface area contributed by atoms with E-state index in [0.717, 1.165) is 34.9 Å². The van der Waals surface area contributed by atoms with E-state index in [1.165, 1.54) is 5.56 Å². The van der Waals surface area contributed by atoms with Crippen LogP contribution in [0.15, 0.2) is 48.5 Å². The predicted molar refractivity (Wildman–Crippen MR) is 89.4 cm³/mol. The van der Waals surface area contributed by atoms with Crippen LogP contribution in [0, 0.1) is 6.92 Å². The van der Waals surface area contributed by atoms with E-state index in [2.05, 4.69) is 27.8 Å². The molecular weight excluding hydrogens is 274 g/mol. The van der Waals surface area contributed by atoms with Crippen molar-refractivity contribution in [3.05, 3.63) is 59.8 Å². The van der Waals surface area contributed by atoms with Crippen molar-refractivity contribution in [3.8, 4) is 11.3 Å². The van der Waals surface area contributed by atoms with Gasteiger partial charge in [-0.3, -0.25) is 0 Å². The van der Waals surface area contributed by atoms with Gasteiger partial charge in [0.25, 0.3) is 0 Å². The fourth-order valence-corrected chi connectivity index (χ4v) is 2.51. The lowest BCUT2D eigenvalue weighted by atomic mass is 10.1. The van der Waals surface area contributed by atoms with Crippen LogP contribution in [0.4, 0.5) is 11.4 Å².